The van der Waals surface area contributed by atoms with Crippen LogP contribution in [0.5, 0.6) is 0 Å². The van der Waals surface area contributed by atoms with Crippen LogP contribution in [0.3, 0.4) is 0 Å². The minimum absolute atomic E-state index is 0. The Balaban J connectivity index is 0.00000180. The molecule has 1 spiro atoms. The van der Waals surface area contributed by atoms with Gasteiger partial charge in [-0.05, 0) is 61.7 Å². The van der Waals surface area contributed by atoms with Crippen molar-refractivity contribution in [2.75, 3.05) is 24.5 Å². The quantitative estimate of drug-likeness (QED) is 0.709. The van der Waals surface area contributed by atoms with E-state index in [0.717, 1.165) is 66.6 Å². The van der Waals surface area contributed by atoms with Crippen molar-refractivity contribution in [3.8, 4) is 11.1 Å². The molecule has 0 unspecified atom stereocenters. The number of rotatable bonds is 2. The number of hydrogen-bond acceptors (Lipinski definition) is 3. The summed E-state index contributed by atoms with van der Waals surface area (Å²) >= 11 is 0. The summed E-state index contributed by atoms with van der Waals surface area (Å²) in [6.45, 7) is 2.72. The van der Waals surface area contributed by atoms with Crippen LogP contribution in [0.2, 0.25) is 0 Å². The molecule has 0 saturated carbocycles. The fourth-order valence-corrected chi connectivity index (χ4v) is 4.41. The molecule has 2 fully saturated rings. The Morgan fingerprint density at radius 1 is 1.00 bits per heavy atom. The molecular formula is C21H23ClN4O. The van der Waals surface area contributed by atoms with Gasteiger partial charge in [-0.3, -0.25) is 9.89 Å². The molecule has 0 atom stereocenters. The van der Waals surface area contributed by atoms with E-state index in [1.165, 1.54) is 0 Å². The summed E-state index contributed by atoms with van der Waals surface area (Å²) in [4.78, 5) is 15.1. The summed E-state index contributed by atoms with van der Waals surface area (Å²) in [6.07, 6.45) is 4.71. The normalized spacial score (nSPS) is 18.8. The molecule has 1 amide bonds. The molecule has 27 heavy (non-hydrogen) atoms. The lowest BCUT2D eigenvalue weighted by Crippen LogP contribution is -2.42. The second kappa shape index (κ2) is 6.98. The van der Waals surface area contributed by atoms with Crippen LogP contribution < -0.4 is 10.2 Å². The van der Waals surface area contributed by atoms with Gasteiger partial charge in [0.1, 0.15) is 0 Å². The first kappa shape index (κ1) is 18.0. The van der Waals surface area contributed by atoms with E-state index in [2.05, 4.69) is 51.9 Å². The summed E-state index contributed by atoms with van der Waals surface area (Å²) in [5, 5.41) is 11.6. The Hall–Kier alpha value is -2.37. The summed E-state index contributed by atoms with van der Waals surface area (Å²) in [7, 11) is 0. The highest BCUT2D eigenvalue weighted by molar-refractivity contribution is 6.00. The van der Waals surface area contributed by atoms with Crippen LogP contribution in [0, 0.1) is 5.41 Å². The number of carbonyl (C=O) groups excluding carboxylic acids is 1. The molecule has 2 aliphatic heterocycles. The average molecular weight is 383 g/mol. The molecule has 2 N–H and O–H groups in total. The summed E-state index contributed by atoms with van der Waals surface area (Å²) in [5.41, 5.74) is 4.15. The smallest absolute Gasteiger partial charge is 0.233 e. The van der Waals surface area contributed by atoms with Gasteiger partial charge in [0, 0.05) is 17.6 Å². The van der Waals surface area contributed by atoms with Crippen molar-refractivity contribution < 1.29 is 4.79 Å². The minimum atomic E-state index is -0.143. The zero-order valence-corrected chi connectivity index (χ0v) is 15.9. The third-order valence-electron chi connectivity index (χ3n) is 6.01. The van der Waals surface area contributed by atoms with Gasteiger partial charge in [-0.2, -0.15) is 5.10 Å². The molecule has 2 saturated heterocycles. The molecule has 3 aromatic rings. The number of fused-ring (bicyclic) bond motifs is 1. The van der Waals surface area contributed by atoms with E-state index in [9.17, 15) is 4.79 Å². The van der Waals surface area contributed by atoms with Gasteiger partial charge < -0.3 is 10.2 Å². The number of H-pyrrole nitrogens is 1. The van der Waals surface area contributed by atoms with Crippen LogP contribution in [0.25, 0.3) is 22.0 Å². The maximum absolute atomic E-state index is 13.2. The van der Waals surface area contributed by atoms with E-state index in [1.54, 1.807) is 0 Å². The average Bonchev–Trinajstić information content (AvgIpc) is 3.28. The highest BCUT2D eigenvalue weighted by Gasteiger charge is 2.47. The number of benzene rings is 2. The van der Waals surface area contributed by atoms with Gasteiger partial charge in [0.2, 0.25) is 5.91 Å². The lowest BCUT2D eigenvalue weighted by molar-refractivity contribution is -0.126. The number of aromatic amines is 1. The summed E-state index contributed by atoms with van der Waals surface area (Å²) in [5.74, 6) is 0.306. The Kier molecular flexibility index (Phi) is 4.66. The molecular weight excluding hydrogens is 360 g/mol. The second-order valence-electron chi connectivity index (χ2n) is 7.46. The summed E-state index contributed by atoms with van der Waals surface area (Å²) < 4.78 is 0. The minimum Gasteiger partial charge on any atom is -0.317 e. The predicted molar refractivity (Wildman–Crippen MR) is 110 cm³/mol. The maximum Gasteiger partial charge on any atom is 0.233 e. The van der Waals surface area contributed by atoms with E-state index in [1.807, 2.05) is 17.2 Å². The van der Waals surface area contributed by atoms with Gasteiger partial charge in [0.25, 0.3) is 0 Å². The van der Waals surface area contributed by atoms with Crippen LogP contribution in [0.4, 0.5) is 5.69 Å². The number of nitrogens with zero attached hydrogens (tertiary/aromatic N) is 2. The third-order valence-corrected chi connectivity index (χ3v) is 6.01. The van der Waals surface area contributed by atoms with Crippen LogP contribution >= 0.6 is 12.4 Å². The van der Waals surface area contributed by atoms with Crippen molar-refractivity contribution >= 4 is 34.9 Å². The number of carbonyl (C=O) groups is 1. The van der Waals surface area contributed by atoms with E-state index in [4.69, 9.17) is 0 Å². The maximum atomic E-state index is 13.2. The van der Waals surface area contributed by atoms with E-state index in [-0.39, 0.29) is 17.8 Å². The molecule has 3 heterocycles. The summed E-state index contributed by atoms with van der Waals surface area (Å²) in [6, 6.07) is 14.6. The molecule has 0 aliphatic carbocycles. The molecule has 5 rings (SSSR count). The molecule has 2 aromatic carbocycles. The Morgan fingerprint density at radius 2 is 1.81 bits per heavy atom. The van der Waals surface area contributed by atoms with Gasteiger partial charge in [-0.1, -0.05) is 24.3 Å². The Labute approximate surface area is 164 Å². The number of piperidine rings is 1. The highest BCUT2D eigenvalue weighted by atomic mass is 35.5. The number of amides is 1. The monoisotopic (exact) mass is 382 g/mol. The van der Waals surface area contributed by atoms with Crippen LogP contribution in [-0.2, 0) is 4.79 Å². The van der Waals surface area contributed by atoms with Crippen molar-refractivity contribution in [1.29, 1.82) is 0 Å². The number of aromatic nitrogens is 2. The first-order valence-corrected chi connectivity index (χ1v) is 9.32. The number of nitrogens with one attached hydrogen (secondary N) is 2. The molecule has 2 aliphatic rings. The van der Waals surface area contributed by atoms with Crippen LogP contribution in [0.15, 0.2) is 48.7 Å². The Morgan fingerprint density at radius 3 is 2.67 bits per heavy atom. The topological polar surface area (TPSA) is 61.0 Å². The standard InChI is InChI=1S/C21H22N4O.ClH/c26-20-21(6-9-22-10-7-21)8-11-25(20)18-3-1-2-15(12-18)16-4-5-17-14-23-24-19(17)13-16;/h1-5,12-14,22H,6-11H2,(H,23,24);1H. The van der Waals surface area contributed by atoms with E-state index in [0.29, 0.717) is 5.91 Å². The van der Waals surface area contributed by atoms with Crippen molar-refractivity contribution in [3.05, 3.63) is 48.7 Å². The number of anilines is 1. The van der Waals surface area contributed by atoms with Crippen molar-refractivity contribution in [2.45, 2.75) is 19.3 Å². The van der Waals surface area contributed by atoms with Gasteiger partial charge in [0.15, 0.2) is 0 Å². The van der Waals surface area contributed by atoms with Crippen molar-refractivity contribution in [3.63, 3.8) is 0 Å². The van der Waals surface area contributed by atoms with Gasteiger partial charge in [-0.15, -0.1) is 12.4 Å². The fraction of sp³-hybridized carbons (Fsp3) is 0.333. The SMILES string of the molecule is Cl.O=C1N(c2cccc(-c3ccc4cn[nH]c4c3)c2)CCC12CCNCC2. The Bertz CT molecular complexity index is 977. The first-order chi connectivity index (χ1) is 12.8. The molecule has 0 bridgehead atoms. The van der Waals surface area contributed by atoms with Gasteiger partial charge in [-0.25, -0.2) is 0 Å². The lowest BCUT2D eigenvalue weighted by Gasteiger charge is -2.32. The zero-order valence-electron chi connectivity index (χ0n) is 15.1. The third kappa shape index (κ3) is 3.01. The molecule has 0 radical (unpaired) electrons. The van der Waals surface area contributed by atoms with Crippen molar-refractivity contribution in [1.82, 2.24) is 15.5 Å². The van der Waals surface area contributed by atoms with Crippen molar-refractivity contribution in [2.24, 2.45) is 5.41 Å². The van der Waals surface area contributed by atoms with Gasteiger partial charge >= 0.3 is 0 Å². The lowest BCUT2D eigenvalue weighted by atomic mass is 9.77. The first-order valence-electron chi connectivity index (χ1n) is 9.32. The van der Waals surface area contributed by atoms with Crippen LogP contribution in [-0.4, -0.2) is 35.7 Å². The van der Waals surface area contributed by atoms with Gasteiger partial charge in [0.05, 0.1) is 17.1 Å². The molecule has 140 valence electrons. The largest absolute Gasteiger partial charge is 0.317 e. The molecule has 6 heteroatoms. The predicted octanol–water partition coefficient (Wildman–Crippen LogP) is 3.76. The second-order valence-corrected chi connectivity index (χ2v) is 7.46. The number of hydrogen-bond donors (Lipinski definition) is 2. The molecule has 1 aromatic heterocycles. The van der Waals surface area contributed by atoms with E-state index >= 15 is 0 Å². The van der Waals surface area contributed by atoms with Crippen LogP contribution in [0.1, 0.15) is 19.3 Å². The van der Waals surface area contributed by atoms with E-state index < -0.39 is 0 Å². The highest BCUT2D eigenvalue weighted by Crippen LogP contribution is 2.42. The fourth-order valence-electron chi connectivity index (χ4n) is 4.41. The number of halogens is 1. The molecule has 5 nitrogen and oxygen atoms in total. The zero-order chi connectivity index (χ0) is 17.6.